The summed E-state index contributed by atoms with van der Waals surface area (Å²) in [6.45, 7) is 12.5. The van der Waals surface area contributed by atoms with Gasteiger partial charge in [0.2, 0.25) is 5.91 Å². The summed E-state index contributed by atoms with van der Waals surface area (Å²) in [5, 5.41) is 11.8. The maximum Gasteiger partial charge on any atom is 0.407 e. The molecule has 1 fully saturated rings. The molecule has 1 saturated heterocycles. The summed E-state index contributed by atoms with van der Waals surface area (Å²) >= 11 is 0. The third kappa shape index (κ3) is 7.89. The average molecular weight is 411 g/mol. The Labute approximate surface area is 172 Å². The van der Waals surface area contributed by atoms with Crippen molar-refractivity contribution in [3.8, 4) is 0 Å². The number of carbonyl (C=O) groups excluding carboxylic acids is 2. The zero-order chi connectivity index (χ0) is 22.4. The van der Waals surface area contributed by atoms with Gasteiger partial charge in [-0.1, -0.05) is 18.2 Å². The monoisotopic (exact) mass is 410 g/mol. The zero-order valence-corrected chi connectivity index (χ0v) is 18.4. The van der Waals surface area contributed by atoms with Crippen molar-refractivity contribution >= 4 is 18.0 Å². The number of rotatable bonds is 7. The molecule has 1 heterocycles. The van der Waals surface area contributed by atoms with Crippen molar-refractivity contribution in [3.05, 3.63) is 24.3 Å². The largest absolute Gasteiger partial charge is 0.481 e. The van der Waals surface area contributed by atoms with Crippen LogP contribution in [0.2, 0.25) is 0 Å². The number of carbonyl (C=O) groups is 3. The molecule has 8 heteroatoms. The van der Waals surface area contributed by atoms with E-state index in [0.717, 1.165) is 0 Å². The maximum atomic E-state index is 12.6. The molecular weight excluding hydrogens is 376 g/mol. The molecule has 1 rings (SSSR count). The fourth-order valence-corrected chi connectivity index (χ4v) is 3.38. The highest BCUT2D eigenvalue weighted by atomic mass is 16.6. The van der Waals surface area contributed by atoms with Crippen molar-refractivity contribution in [1.29, 1.82) is 0 Å². The van der Waals surface area contributed by atoms with Crippen molar-refractivity contribution in [2.75, 3.05) is 0 Å². The maximum absolute atomic E-state index is 12.6. The Kier molecular flexibility index (Phi) is 8.44. The molecule has 0 unspecified atom stereocenters. The quantitative estimate of drug-likeness (QED) is 0.493. The lowest BCUT2D eigenvalue weighted by Gasteiger charge is -2.31. The van der Waals surface area contributed by atoms with Crippen LogP contribution in [-0.4, -0.2) is 57.5 Å². The highest BCUT2D eigenvalue weighted by Gasteiger charge is 2.47. The Bertz CT molecular complexity index is 663. The Morgan fingerprint density at radius 1 is 1.28 bits per heavy atom. The van der Waals surface area contributed by atoms with E-state index in [0.29, 0.717) is 0 Å². The molecule has 0 bridgehead atoms. The van der Waals surface area contributed by atoms with Gasteiger partial charge in [0.1, 0.15) is 11.3 Å². The SMILES string of the molecule is C/C=C/C=C/C(=O)N1[C@H](C)[C@@H](C[C@H](CC(=O)O)NC(=O)OC(C)(C)C)OC1(C)C. The van der Waals surface area contributed by atoms with E-state index in [1.54, 1.807) is 51.7 Å². The van der Waals surface area contributed by atoms with Gasteiger partial charge in [0, 0.05) is 12.1 Å². The summed E-state index contributed by atoms with van der Waals surface area (Å²) in [4.78, 5) is 37.6. The van der Waals surface area contributed by atoms with Gasteiger partial charge in [0.05, 0.1) is 18.6 Å². The predicted octanol–water partition coefficient (Wildman–Crippen LogP) is 3.23. The Balaban J connectivity index is 2.92. The van der Waals surface area contributed by atoms with Gasteiger partial charge in [-0.15, -0.1) is 0 Å². The lowest BCUT2D eigenvalue weighted by Crippen LogP contribution is -2.47. The second kappa shape index (κ2) is 9.91. The van der Waals surface area contributed by atoms with Crippen molar-refractivity contribution < 1.29 is 29.0 Å². The standard InChI is InChI=1S/C21H34N2O6/c1-8-9-10-11-17(24)23-14(2)16(28-21(23,6)7)12-15(13-18(25)26)22-19(27)29-20(3,4)5/h8-11,14-16H,12-13H2,1-7H3,(H,22,27)(H,25,26)/b9-8+,11-10+/t14-,15-,16-/m1/s1. The molecule has 0 spiro atoms. The van der Waals surface area contributed by atoms with Crippen LogP contribution in [0.3, 0.4) is 0 Å². The highest BCUT2D eigenvalue weighted by Crippen LogP contribution is 2.34. The molecule has 164 valence electrons. The van der Waals surface area contributed by atoms with E-state index in [-0.39, 0.29) is 24.8 Å². The number of nitrogens with one attached hydrogen (secondary N) is 1. The third-order valence-corrected chi connectivity index (χ3v) is 4.40. The van der Waals surface area contributed by atoms with Gasteiger partial charge in [0.25, 0.3) is 0 Å². The number of aliphatic carboxylic acids is 1. The van der Waals surface area contributed by atoms with Gasteiger partial charge in [-0.3, -0.25) is 9.59 Å². The molecule has 2 amide bonds. The van der Waals surface area contributed by atoms with Crippen LogP contribution in [0.15, 0.2) is 24.3 Å². The smallest absolute Gasteiger partial charge is 0.407 e. The molecular formula is C21H34N2O6. The molecule has 0 aliphatic carbocycles. The van der Waals surface area contributed by atoms with E-state index >= 15 is 0 Å². The summed E-state index contributed by atoms with van der Waals surface area (Å²) in [5.74, 6) is -1.24. The van der Waals surface area contributed by atoms with Crippen LogP contribution in [-0.2, 0) is 19.1 Å². The fraction of sp³-hybridized carbons (Fsp3) is 0.667. The van der Waals surface area contributed by atoms with Gasteiger partial charge >= 0.3 is 12.1 Å². The van der Waals surface area contributed by atoms with Crippen molar-refractivity contribution in [2.45, 2.75) is 90.8 Å². The number of amides is 2. The minimum absolute atomic E-state index is 0.196. The van der Waals surface area contributed by atoms with Gasteiger partial charge in [-0.25, -0.2) is 4.79 Å². The number of ether oxygens (including phenoxy) is 2. The van der Waals surface area contributed by atoms with E-state index in [9.17, 15) is 19.5 Å². The van der Waals surface area contributed by atoms with E-state index in [2.05, 4.69) is 5.32 Å². The van der Waals surface area contributed by atoms with Crippen LogP contribution < -0.4 is 5.32 Å². The number of hydrogen-bond donors (Lipinski definition) is 2. The van der Waals surface area contributed by atoms with Crippen LogP contribution in [0, 0.1) is 0 Å². The third-order valence-electron chi connectivity index (χ3n) is 4.40. The number of alkyl carbamates (subject to hydrolysis) is 1. The molecule has 2 N–H and O–H groups in total. The van der Waals surface area contributed by atoms with E-state index < -0.39 is 35.5 Å². The van der Waals surface area contributed by atoms with Gasteiger partial charge < -0.3 is 24.8 Å². The van der Waals surface area contributed by atoms with E-state index in [1.165, 1.54) is 6.08 Å². The molecule has 1 aliphatic rings. The lowest BCUT2D eigenvalue weighted by atomic mass is 10.0. The first-order valence-corrected chi connectivity index (χ1v) is 9.78. The minimum atomic E-state index is -1.04. The zero-order valence-electron chi connectivity index (χ0n) is 18.4. The van der Waals surface area contributed by atoms with Crippen LogP contribution >= 0.6 is 0 Å². The summed E-state index contributed by atoms with van der Waals surface area (Å²) in [6.07, 6.45) is 5.55. The Morgan fingerprint density at radius 2 is 1.90 bits per heavy atom. The average Bonchev–Trinajstić information content (AvgIpc) is 2.73. The molecule has 1 aliphatic heterocycles. The predicted molar refractivity (Wildman–Crippen MR) is 109 cm³/mol. The number of nitrogens with zero attached hydrogens (tertiary/aromatic N) is 1. The Hall–Kier alpha value is -2.35. The second-order valence-corrected chi connectivity index (χ2v) is 8.61. The van der Waals surface area contributed by atoms with Crippen molar-refractivity contribution in [2.24, 2.45) is 0 Å². The fourth-order valence-electron chi connectivity index (χ4n) is 3.38. The molecule has 0 aromatic rings. The van der Waals surface area contributed by atoms with Crippen LogP contribution in [0.25, 0.3) is 0 Å². The van der Waals surface area contributed by atoms with Gasteiger partial charge in [0.15, 0.2) is 0 Å². The van der Waals surface area contributed by atoms with Crippen LogP contribution in [0.4, 0.5) is 4.79 Å². The summed E-state index contributed by atoms with van der Waals surface area (Å²) in [6, 6.07) is -0.997. The van der Waals surface area contributed by atoms with Gasteiger partial charge in [-0.2, -0.15) is 0 Å². The molecule has 0 radical (unpaired) electrons. The lowest BCUT2D eigenvalue weighted by molar-refractivity contribution is -0.141. The molecule has 0 aromatic carbocycles. The minimum Gasteiger partial charge on any atom is -0.481 e. The number of carboxylic acid groups (broad SMARTS) is 1. The first-order chi connectivity index (χ1) is 13.3. The van der Waals surface area contributed by atoms with Crippen LogP contribution in [0.1, 0.15) is 61.3 Å². The molecule has 0 aromatic heterocycles. The first-order valence-electron chi connectivity index (χ1n) is 9.78. The number of carboxylic acids is 1. The Morgan fingerprint density at radius 3 is 2.41 bits per heavy atom. The summed E-state index contributed by atoms with van der Waals surface area (Å²) < 4.78 is 11.3. The second-order valence-electron chi connectivity index (χ2n) is 8.61. The molecule has 8 nitrogen and oxygen atoms in total. The summed E-state index contributed by atoms with van der Waals surface area (Å²) in [5.41, 5.74) is -1.55. The van der Waals surface area contributed by atoms with E-state index in [1.807, 2.05) is 19.9 Å². The molecule has 29 heavy (non-hydrogen) atoms. The van der Waals surface area contributed by atoms with Crippen molar-refractivity contribution in [3.63, 3.8) is 0 Å². The highest BCUT2D eigenvalue weighted by molar-refractivity contribution is 5.88. The van der Waals surface area contributed by atoms with Crippen LogP contribution in [0.5, 0.6) is 0 Å². The first kappa shape index (κ1) is 24.7. The van der Waals surface area contributed by atoms with Crippen molar-refractivity contribution in [1.82, 2.24) is 10.2 Å². The molecule has 3 atom stereocenters. The number of hydrogen-bond acceptors (Lipinski definition) is 5. The normalized spacial score (nSPS) is 22.8. The van der Waals surface area contributed by atoms with Gasteiger partial charge in [-0.05, 0) is 54.9 Å². The summed E-state index contributed by atoms with van der Waals surface area (Å²) in [7, 11) is 0. The number of allylic oxidation sites excluding steroid dienone is 3. The van der Waals surface area contributed by atoms with E-state index in [4.69, 9.17) is 9.47 Å². The topological polar surface area (TPSA) is 105 Å². The molecule has 0 saturated carbocycles.